The molecule has 2 aromatic carbocycles. The van der Waals surface area contributed by atoms with Crippen molar-refractivity contribution in [3.8, 4) is 5.75 Å². The van der Waals surface area contributed by atoms with Crippen LogP contribution in [-0.4, -0.2) is 21.2 Å². The normalized spacial score (nSPS) is 10.2. The molecule has 0 atom stereocenters. The highest BCUT2D eigenvalue weighted by atomic mass is 16.5. The molecule has 0 bridgehead atoms. The minimum absolute atomic E-state index is 0.756. The number of para-hydroxylation sites is 1. The fraction of sp³-hybridized carbons (Fsp3) is 0.294. The van der Waals surface area contributed by atoms with Crippen molar-refractivity contribution >= 4 is 11.4 Å². The van der Waals surface area contributed by atoms with Crippen LogP contribution >= 0.6 is 0 Å². The van der Waals surface area contributed by atoms with Crippen LogP contribution in [0.5, 0.6) is 5.75 Å². The van der Waals surface area contributed by atoms with Crippen LogP contribution in [0.1, 0.15) is 11.1 Å². The standard InChI is InChI=1S/C17H22N2O/c1-13-11-15(19(2)3)9-10-16(13)18-12-14-7-5-6-8-17(14)20-4/h5-11,18H,12H2,1-4H3. The number of nitrogens with zero attached hydrogens (tertiary/aromatic N) is 1. The molecule has 3 nitrogen and oxygen atoms in total. The molecule has 0 saturated heterocycles. The number of methoxy groups -OCH3 is 1. The number of ether oxygens (including phenoxy) is 1. The van der Waals surface area contributed by atoms with Crippen LogP contribution in [0.3, 0.4) is 0 Å². The highest BCUT2D eigenvalue weighted by molar-refractivity contribution is 5.60. The molecular weight excluding hydrogens is 248 g/mol. The van der Waals surface area contributed by atoms with Crippen molar-refractivity contribution in [3.05, 3.63) is 53.6 Å². The Balaban J connectivity index is 2.11. The van der Waals surface area contributed by atoms with Gasteiger partial charge in [0.15, 0.2) is 0 Å². The van der Waals surface area contributed by atoms with E-state index in [1.54, 1.807) is 7.11 Å². The zero-order valence-corrected chi connectivity index (χ0v) is 12.6. The van der Waals surface area contributed by atoms with Crippen LogP contribution in [0.25, 0.3) is 0 Å². The van der Waals surface area contributed by atoms with E-state index in [1.807, 2.05) is 18.2 Å². The predicted molar refractivity (Wildman–Crippen MR) is 85.8 cm³/mol. The summed E-state index contributed by atoms with van der Waals surface area (Å²) in [6, 6.07) is 14.5. The quantitative estimate of drug-likeness (QED) is 0.897. The first-order valence-corrected chi connectivity index (χ1v) is 6.75. The Morgan fingerprint density at radius 1 is 1.10 bits per heavy atom. The minimum atomic E-state index is 0.756. The molecule has 106 valence electrons. The maximum absolute atomic E-state index is 5.37. The van der Waals surface area contributed by atoms with Gasteiger partial charge in [0.05, 0.1) is 7.11 Å². The van der Waals surface area contributed by atoms with Gasteiger partial charge < -0.3 is 15.0 Å². The molecular formula is C17H22N2O. The summed E-state index contributed by atoms with van der Waals surface area (Å²) in [5, 5.41) is 3.47. The van der Waals surface area contributed by atoms with Crippen LogP contribution in [-0.2, 0) is 6.54 Å². The molecule has 0 amide bonds. The van der Waals surface area contributed by atoms with Crippen molar-refractivity contribution in [2.75, 3.05) is 31.4 Å². The number of rotatable bonds is 5. The van der Waals surface area contributed by atoms with Gasteiger partial charge in [-0.05, 0) is 36.8 Å². The molecule has 0 heterocycles. The smallest absolute Gasteiger partial charge is 0.123 e. The van der Waals surface area contributed by atoms with E-state index in [0.717, 1.165) is 23.5 Å². The molecule has 1 N–H and O–H groups in total. The molecule has 0 spiro atoms. The van der Waals surface area contributed by atoms with Gasteiger partial charge in [0, 0.05) is 37.6 Å². The molecule has 0 aliphatic rings. The van der Waals surface area contributed by atoms with E-state index in [9.17, 15) is 0 Å². The van der Waals surface area contributed by atoms with E-state index >= 15 is 0 Å². The van der Waals surface area contributed by atoms with Gasteiger partial charge in [0.25, 0.3) is 0 Å². The SMILES string of the molecule is COc1ccccc1CNc1ccc(N(C)C)cc1C. The Morgan fingerprint density at radius 2 is 1.85 bits per heavy atom. The van der Waals surface area contributed by atoms with Gasteiger partial charge in [0.1, 0.15) is 5.75 Å². The van der Waals surface area contributed by atoms with Crippen LogP contribution < -0.4 is 15.0 Å². The Kier molecular flexibility index (Phi) is 4.51. The molecule has 0 aliphatic carbocycles. The molecule has 0 fully saturated rings. The number of anilines is 2. The van der Waals surface area contributed by atoms with Crippen LogP contribution in [0.4, 0.5) is 11.4 Å². The van der Waals surface area contributed by atoms with E-state index in [0.29, 0.717) is 0 Å². The van der Waals surface area contributed by atoms with Gasteiger partial charge >= 0.3 is 0 Å². The molecule has 2 aromatic rings. The molecule has 0 saturated carbocycles. The Bertz CT molecular complexity index is 579. The van der Waals surface area contributed by atoms with Gasteiger partial charge in [-0.3, -0.25) is 0 Å². The molecule has 2 rings (SSSR count). The van der Waals surface area contributed by atoms with Crippen LogP contribution in [0.15, 0.2) is 42.5 Å². The summed E-state index contributed by atoms with van der Waals surface area (Å²) in [7, 11) is 5.81. The van der Waals surface area contributed by atoms with E-state index < -0.39 is 0 Å². The lowest BCUT2D eigenvalue weighted by Gasteiger charge is -2.16. The second-order valence-electron chi connectivity index (χ2n) is 5.06. The maximum atomic E-state index is 5.37. The van der Waals surface area contributed by atoms with Gasteiger partial charge in [0.2, 0.25) is 0 Å². The van der Waals surface area contributed by atoms with E-state index in [-0.39, 0.29) is 0 Å². The van der Waals surface area contributed by atoms with Gasteiger partial charge in [-0.2, -0.15) is 0 Å². The Morgan fingerprint density at radius 3 is 2.50 bits per heavy atom. The number of hydrogen-bond acceptors (Lipinski definition) is 3. The Hall–Kier alpha value is -2.16. The molecule has 0 unspecified atom stereocenters. The lowest BCUT2D eigenvalue weighted by Crippen LogP contribution is -2.09. The summed E-state index contributed by atoms with van der Waals surface area (Å²) in [6.07, 6.45) is 0. The minimum Gasteiger partial charge on any atom is -0.496 e. The summed E-state index contributed by atoms with van der Waals surface area (Å²) in [5.41, 5.74) is 4.77. The second kappa shape index (κ2) is 6.33. The Labute approximate surface area is 121 Å². The lowest BCUT2D eigenvalue weighted by molar-refractivity contribution is 0.410. The third-order valence-electron chi connectivity index (χ3n) is 3.39. The summed E-state index contributed by atoms with van der Waals surface area (Å²) >= 11 is 0. The topological polar surface area (TPSA) is 24.5 Å². The van der Waals surface area contributed by atoms with Crippen molar-refractivity contribution < 1.29 is 4.74 Å². The van der Waals surface area contributed by atoms with E-state index in [1.165, 1.54) is 11.3 Å². The number of hydrogen-bond donors (Lipinski definition) is 1. The first-order valence-electron chi connectivity index (χ1n) is 6.75. The van der Waals surface area contributed by atoms with Gasteiger partial charge in [-0.15, -0.1) is 0 Å². The lowest BCUT2D eigenvalue weighted by atomic mass is 10.1. The van der Waals surface area contributed by atoms with Crippen molar-refractivity contribution in [1.82, 2.24) is 0 Å². The second-order valence-corrected chi connectivity index (χ2v) is 5.06. The summed E-state index contributed by atoms with van der Waals surface area (Å²) in [5.74, 6) is 0.919. The first kappa shape index (κ1) is 14.3. The number of aryl methyl sites for hydroxylation is 1. The molecule has 3 heteroatoms. The fourth-order valence-corrected chi connectivity index (χ4v) is 2.16. The van der Waals surface area contributed by atoms with Crippen molar-refractivity contribution in [2.24, 2.45) is 0 Å². The van der Waals surface area contributed by atoms with Crippen molar-refractivity contribution in [1.29, 1.82) is 0 Å². The average molecular weight is 270 g/mol. The van der Waals surface area contributed by atoms with Crippen LogP contribution in [0.2, 0.25) is 0 Å². The van der Waals surface area contributed by atoms with Crippen LogP contribution in [0, 0.1) is 6.92 Å². The predicted octanol–water partition coefficient (Wildman–Crippen LogP) is 3.68. The maximum Gasteiger partial charge on any atom is 0.123 e. The fourth-order valence-electron chi connectivity index (χ4n) is 2.16. The number of nitrogens with one attached hydrogen (secondary N) is 1. The molecule has 20 heavy (non-hydrogen) atoms. The van der Waals surface area contributed by atoms with E-state index in [4.69, 9.17) is 4.74 Å². The molecule has 0 aliphatic heterocycles. The van der Waals surface area contributed by atoms with E-state index in [2.05, 4.69) is 55.5 Å². The monoisotopic (exact) mass is 270 g/mol. The highest BCUT2D eigenvalue weighted by Crippen LogP contribution is 2.23. The zero-order valence-electron chi connectivity index (χ0n) is 12.6. The third kappa shape index (κ3) is 3.23. The highest BCUT2D eigenvalue weighted by Gasteiger charge is 2.04. The van der Waals surface area contributed by atoms with Crippen molar-refractivity contribution in [2.45, 2.75) is 13.5 Å². The van der Waals surface area contributed by atoms with Gasteiger partial charge in [-0.25, -0.2) is 0 Å². The molecule has 0 aromatic heterocycles. The first-order chi connectivity index (χ1) is 9.61. The average Bonchev–Trinajstić information content (AvgIpc) is 2.46. The zero-order chi connectivity index (χ0) is 14.5. The number of benzene rings is 2. The summed E-state index contributed by atoms with van der Waals surface area (Å²) in [6.45, 7) is 2.88. The largest absolute Gasteiger partial charge is 0.496 e. The third-order valence-corrected chi connectivity index (χ3v) is 3.39. The summed E-state index contributed by atoms with van der Waals surface area (Å²) in [4.78, 5) is 2.11. The van der Waals surface area contributed by atoms with Crippen molar-refractivity contribution in [3.63, 3.8) is 0 Å². The van der Waals surface area contributed by atoms with Gasteiger partial charge in [-0.1, -0.05) is 18.2 Å². The molecule has 0 radical (unpaired) electrons. The summed E-state index contributed by atoms with van der Waals surface area (Å²) < 4.78 is 5.37.